The highest BCUT2D eigenvalue weighted by molar-refractivity contribution is 6.31. The molecule has 2 rings (SSSR count). The van der Waals surface area contributed by atoms with Gasteiger partial charge in [-0.15, -0.1) is 0 Å². The van der Waals surface area contributed by atoms with Crippen LogP contribution in [-0.4, -0.2) is 21.8 Å². The highest BCUT2D eigenvalue weighted by atomic mass is 35.5. The number of halogens is 1. The molecule has 1 aromatic heterocycles. The number of ether oxygens (including phenoxy) is 1. The van der Waals surface area contributed by atoms with E-state index in [-0.39, 0.29) is 18.4 Å². The van der Waals surface area contributed by atoms with Crippen molar-refractivity contribution in [2.45, 2.75) is 19.1 Å². The summed E-state index contributed by atoms with van der Waals surface area (Å²) in [7, 11) is 0. The summed E-state index contributed by atoms with van der Waals surface area (Å²) >= 11 is 5.82. The zero-order valence-electron chi connectivity index (χ0n) is 7.62. The number of aliphatic hydroxyl groups excluding tert-OH is 1. The lowest BCUT2D eigenvalue weighted by Crippen LogP contribution is -2.22. The van der Waals surface area contributed by atoms with Crippen molar-refractivity contribution >= 4 is 11.6 Å². The van der Waals surface area contributed by atoms with Crippen LogP contribution in [0.5, 0.6) is 5.75 Å². The molecule has 1 unspecified atom stereocenters. The van der Waals surface area contributed by atoms with Crippen LogP contribution >= 0.6 is 11.6 Å². The molecule has 0 radical (unpaired) electrons. The van der Waals surface area contributed by atoms with Gasteiger partial charge >= 0.3 is 0 Å². The zero-order chi connectivity index (χ0) is 10.3. The van der Waals surface area contributed by atoms with Crippen LogP contribution in [0.15, 0.2) is 6.07 Å². The second kappa shape index (κ2) is 3.08. The molecular weight excluding hydrogens is 206 g/mol. The molecule has 0 spiro atoms. The van der Waals surface area contributed by atoms with Gasteiger partial charge in [-0.2, -0.15) is 0 Å². The maximum absolute atomic E-state index is 9.90. The number of hydrogen-bond acceptors (Lipinski definition) is 4. The van der Waals surface area contributed by atoms with E-state index in [1.54, 1.807) is 13.0 Å². The van der Waals surface area contributed by atoms with Crippen LogP contribution in [0.3, 0.4) is 0 Å². The van der Waals surface area contributed by atoms with Gasteiger partial charge in [0.15, 0.2) is 10.9 Å². The van der Waals surface area contributed by atoms with E-state index in [1.807, 2.05) is 0 Å². The molecule has 4 nitrogen and oxygen atoms in total. The molecule has 14 heavy (non-hydrogen) atoms. The lowest BCUT2D eigenvalue weighted by molar-refractivity contribution is 0.0349. The Kier molecular flexibility index (Phi) is 2.14. The van der Waals surface area contributed by atoms with E-state index in [9.17, 15) is 5.11 Å². The topological polar surface area (TPSA) is 62.6 Å². The van der Waals surface area contributed by atoms with Crippen molar-refractivity contribution in [2.75, 3.05) is 6.61 Å². The predicted octanol–water partition coefficient (Wildman–Crippen LogP) is 0.827. The third-order valence-electron chi connectivity index (χ3n) is 2.22. The molecule has 0 amide bonds. The third-order valence-corrected chi connectivity index (χ3v) is 2.48. The van der Waals surface area contributed by atoms with Gasteiger partial charge in [-0.05, 0) is 13.0 Å². The maximum atomic E-state index is 9.90. The number of nitrogens with zero attached hydrogens (tertiary/aromatic N) is 1. The average molecular weight is 216 g/mol. The summed E-state index contributed by atoms with van der Waals surface area (Å²) in [5.74, 6) is 0.411. The smallest absolute Gasteiger partial charge is 0.171 e. The fourth-order valence-electron chi connectivity index (χ4n) is 1.46. The average Bonchev–Trinajstić information content (AvgIpc) is 2.43. The van der Waals surface area contributed by atoms with Crippen LogP contribution in [-0.2, 0) is 12.2 Å². The van der Waals surface area contributed by atoms with Crippen LogP contribution in [0.1, 0.15) is 18.2 Å². The maximum Gasteiger partial charge on any atom is 0.171 e. The summed E-state index contributed by atoms with van der Waals surface area (Å²) in [6, 6.07) is 1.61. The Morgan fingerprint density at radius 3 is 3.07 bits per heavy atom. The summed E-state index contributed by atoms with van der Waals surface area (Å²) in [5, 5.41) is 19.0. The number of fused-ring (bicyclic) bond motifs is 1. The van der Waals surface area contributed by atoms with Gasteiger partial charge in [0, 0.05) is 5.56 Å². The largest absolute Gasteiger partial charge is 0.487 e. The SMILES string of the molecule is CC1(O)COc2c1cc(CO)nc2Cl. The van der Waals surface area contributed by atoms with Crippen molar-refractivity contribution in [1.29, 1.82) is 0 Å². The molecule has 2 heterocycles. The Labute approximate surface area is 86.1 Å². The van der Waals surface area contributed by atoms with Gasteiger partial charge in [0.1, 0.15) is 12.2 Å². The molecule has 0 bridgehead atoms. The Morgan fingerprint density at radius 1 is 1.71 bits per heavy atom. The number of aliphatic hydroxyl groups is 2. The molecule has 0 fully saturated rings. The van der Waals surface area contributed by atoms with E-state index in [4.69, 9.17) is 21.4 Å². The molecule has 5 heteroatoms. The second-order valence-electron chi connectivity index (χ2n) is 3.50. The van der Waals surface area contributed by atoms with Gasteiger partial charge in [-0.25, -0.2) is 4.98 Å². The van der Waals surface area contributed by atoms with Crippen molar-refractivity contribution < 1.29 is 14.9 Å². The van der Waals surface area contributed by atoms with Gasteiger partial charge < -0.3 is 14.9 Å². The van der Waals surface area contributed by atoms with Crippen LogP contribution in [0.25, 0.3) is 0 Å². The highest BCUT2D eigenvalue weighted by Gasteiger charge is 2.36. The lowest BCUT2D eigenvalue weighted by Gasteiger charge is -2.14. The first-order chi connectivity index (χ1) is 6.54. The first-order valence-electron chi connectivity index (χ1n) is 4.20. The minimum Gasteiger partial charge on any atom is -0.487 e. The molecular formula is C9H10ClNO3. The summed E-state index contributed by atoms with van der Waals surface area (Å²) in [4.78, 5) is 3.91. The van der Waals surface area contributed by atoms with Crippen molar-refractivity contribution in [1.82, 2.24) is 4.98 Å². The second-order valence-corrected chi connectivity index (χ2v) is 3.86. The Morgan fingerprint density at radius 2 is 2.43 bits per heavy atom. The summed E-state index contributed by atoms with van der Waals surface area (Å²) in [6.07, 6.45) is 0. The number of hydrogen-bond donors (Lipinski definition) is 2. The highest BCUT2D eigenvalue weighted by Crippen LogP contribution is 2.40. The van der Waals surface area contributed by atoms with Gasteiger partial charge in [-0.3, -0.25) is 0 Å². The first kappa shape index (κ1) is 9.71. The Balaban J connectivity index is 2.59. The molecule has 1 aliphatic heterocycles. The van der Waals surface area contributed by atoms with Gasteiger partial charge in [0.25, 0.3) is 0 Å². The normalized spacial score (nSPS) is 24.6. The van der Waals surface area contributed by atoms with E-state index in [1.165, 1.54) is 0 Å². The van der Waals surface area contributed by atoms with Crippen molar-refractivity contribution in [3.05, 3.63) is 22.5 Å². The van der Waals surface area contributed by atoms with E-state index in [0.717, 1.165) is 0 Å². The Hall–Kier alpha value is -0.840. The molecule has 0 aromatic carbocycles. The van der Waals surface area contributed by atoms with E-state index < -0.39 is 5.60 Å². The first-order valence-corrected chi connectivity index (χ1v) is 4.58. The summed E-state index contributed by atoms with van der Waals surface area (Å²) in [5.41, 5.74) is -0.0349. The van der Waals surface area contributed by atoms with Crippen LogP contribution < -0.4 is 4.74 Å². The van der Waals surface area contributed by atoms with E-state index in [2.05, 4.69) is 4.98 Å². The van der Waals surface area contributed by atoms with Crippen LogP contribution in [0.2, 0.25) is 5.15 Å². The molecule has 0 saturated heterocycles. The van der Waals surface area contributed by atoms with E-state index >= 15 is 0 Å². The molecule has 76 valence electrons. The molecule has 1 atom stereocenters. The number of rotatable bonds is 1. The van der Waals surface area contributed by atoms with E-state index in [0.29, 0.717) is 17.0 Å². The fraction of sp³-hybridized carbons (Fsp3) is 0.444. The monoisotopic (exact) mass is 215 g/mol. The molecule has 0 saturated carbocycles. The lowest BCUT2D eigenvalue weighted by atomic mass is 9.99. The third kappa shape index (κ3) is 1.35. The van der Waals surface area contributed by atoms with Crippen molar-refractivity contribution in [3.63, 3.8) is 0 Å². The summed E-state index contributed by atoms with van der Waals surface area (Å²) in [6.45, 7) is 1.60. The Bertz CT molecular complexity index is 379. The van der Waals surface area contributed by atoms with Gasteiger partial charge in [-0.1, -0.05) is 11.6 Å². The van der Waals surface area contributed by atoms with Gasteiger partial charge in [0.05, 0.1) is 12.3 Å². The quantitative estimate of drug-likeness (QED) is 0.682. The number of pyridine rings is 1. The minimum atomic E-state index is -1.05. The molecule has 2 N–H and O–H groups in total. The summed E-state index contributed by atoms with van der Waals surface area (Å²) < 4.78 is 5.22. The van der Waals surface area contributed by atoms with Crippen LogP contribution in [0.4, 0.5) is 0 Å². The molecule has 1 aromatic rings. The van der Waals surface area contributed by atoms with Gasteiger partial charge in [0.2, 0.25) is 0 Å². The minimum absolute atomic E-state index is 0.165. The van der Waals surface area contributed by atoms with Crippen molar-refractivity contribution in [3.8, 4) is 5.75 Å². The molecule has 0 aliphatic carbocycles. The molecule has 1 aliphatic rings. The fourth-order valence-corrected chi connectivity index (χ4v) is 1.73. The standard InChI is InChI=1S/C9H10ClNO3/c1-9(13)4-14-7-6(9)2-5(3-12)11-8(7)10/h2,12-13H,3-4H2,1H3. The predicted molar refractivity (Wildman–Crippen MR) is 50.2 cm³/mol. The number of aromatic nitrogens is 1. The zero-order valence-corrected chi connectivity index (χ0v) is 8.38. The van der Waals surface area contributed by atoms with Crippen molar-refractivity contribution in [2.24, 2.45) is 0 Å². The van der Waals surface area contributed by atoms with Crippen LogP contribution in [0, 0.1) is 0 Å².